The Morgan fingerprint density at radius 2 is 1.96 bits per heavy atom. The van der Waals surface area contributed by atoms with E-state index in [9.17, 15) is 0 Å². The average molecular weight is 355 g/mol. The summed E-state index contributed by atoms with van der Waals surface area (Å²) < 4.78 is 8.03. The number of ether oxygens (including phenoxy) is 1. The van der Waals surface area contributed by atoms with E-state index in [1.54, 1.807) is 0 Å². The second-order valence-corrected chi connectivity index (χ2v) is 7.51. The van der Waals surface area contributed by atoms with Crippen LogP contribution in [0.1, 0.15) is 43.6 Å². The van der Waals surface area contributed by atoms with Crippen LogP contribution < -0.4 is 10.6 Å². The van der Waals surface area contributed by atoms with Gasteiger partial charge in [-0.3, -0.25) is 0 Å². The Bertz CT molecular complexity index is 710. The molecule has 140 valence electrons. The SMILES string of the molecule is Cc1c(C(C)N[C@@H]2CCO[C@H]2C2CCNCC2)nnn1-c1ccccc1. The first-order valence-corrected chi connectivity index (χ1v) is 9.80. The predicted molar refractivity (Wildman–Crippen MR) is 101 cm³/mol. The molecule has 2 aliphatic heterocycles. The number of nitrogens with one attached hydrogen (secondary N) is 2. The number of piperidine rings is 1. The molecule has 26 heavy (non-hydrogen) atoms. The van der Waals surface area contributed by atoms with Crippen molar-refractivity contribution in [3.63, 3.8) is 0 Å². The lowest BCUT2D eigenvalue weighted by Crippen LogP contribution is -2.45. The van der Waals surface area contributed by atoms with Crippen molar-refractivity contribution in [1.82, 2.24) is 25.6 Å². The Labute approximate surface area is 155 Å². The van der Waals surface area contributed by atoms with Gasteiger partial charge in [-0.15, -0.1) is 5.10 Å². The minimum absolute atomic E-state index is 0.156. The molecule has 6 heteroatoms. The Balaban J connectivity index is 1.46. The van der Waals surface area contributed by atoms with E-state index in [0.29, 0.717) is 18.1 Å². The van der Waals surface area contributed by atoms with Crippen LogP contribution in [0.3, 0.4) is 0 Å². The van der Waals surface area contributed by atoms with Gasteiger partial charge in [0, 0.05) is 12.6 Å². The van der Waals surface area contributed by atoms with Gasteiger partial charge in [0.25, 0.3) is 0 Å². The molecule has 1 aromatic carbocycles. The lowest BCUT2D eigenvalue weighted by atomic mass is 9.88. The molecule has 1 unspecified atom stereocenters. The highest BCUT2D eigenvalue weighted by molar-refractivity contribution is 5.33. The third kappa shape index (κ3) is 3.54. The van der Waals surface area contributed by atoms with Gasteiger partial charge in [-0.2, -0.15) is 0 Å². The van der Waals surface area contributed by atoms with Gasteiger partial charge in [0.2, 0.25) is 0 Å². The molecule has 2 aliphatic rings. The molecule has 0 aliphatic carbocycles. The van der Waals surface area contributed by atoms with E-state index >= 15 is 0 Å². The lowest BCUT2D eigenvalue weighted by molar-refractivity contribution is 0.0363. The summed E-state index contributed by atoms with van der Waals surface area (Å²) in [4.78, 5) is 0. The summed E-state index contributed by atoms with van der Waals surface area (Å²) in [5, 5.41) is 16.1. The first-order chi connectivity index (χ1) is 12.7. The maximum absolute atomic E-state index is 6.12. The standard InChI is InChI=1S/C20H29N5O/c1-14(19-15(2)25(24-23-19)17-6-4-3-5-7-17)22-18-10-13-26-20(18)16-8-11-21-12-9-16/h3-7,14,16,18,20-22H,8-13H2,1-2H3/t14?,18-,20+/m1/s1. The molecule has 0 spiro atoms. The van der Waals surface area contributed by atoms with Gasteiger partial charge in [-0.1, -0.05) is 23.4 Å². The average Bonchev–Trinajstić information content (AvgIpc) is 3.29. The summed E-state index contributed by atoms with van der Waals surface area (Å²) in [5.74, 6) is 0.657. The number of nitrogens with zero attached hydrogens (tertiary/aromatic N) is 3. The highest BCUT2D eigenvalue weighted by Gasteiger charge is 2.36. The molecule has 2 aromatic rings. The summed E-state index contributed by atoms with van der Waals surface area (Å²) in [7, 11) is 0. The van der Waals surface area contributed by atoms with Gasteiger partial charge in [-0.25, -0.2) is 4.68 Å². The Morgan fingerprint density at radius 3 is 2.73 bits per heavy atom. The smallest absolute Gasteiger partial charge is 0.103 e. The van der Waals surface area contributed by atoms with Gasteiger partial charge in [0.1, 0.15) is 5.69 Å². The summed E-state index contributed by atoms with van der Waals surface area (Å²) in [6, 6.07) is 10.7. The maximum Gasteiger partial charge on any atom is 0.103 e. The van der Waals surface area contributed by atoms with Gasteiger partial charge in [0.15, 0.2) is 0 Å². The summed E-state index contributed by atoms with van der Waals surface area (Å²) in [6.45, 7) is 7.35. The summed E-state index contributed by atoms with van der Waals surface area (Å²) >= 11 is 0. The largest absolute Gasteiger partial charge is 0.376 e. The number of hydrogen-bond donors (Lipinski definition) is 2. The minimum Gasteiger partial charge on any atom is -0.376 e. The van der Waals surface area contributed by atoms with Crippen LogP contribution in [0.25, 0.3) is 5.69 Å². The quantitative estimate of drug-likeness (QED) is 0.862. The van der Waals surface area contributed by atoms with Crippen molar-refractivity contribution in [3.05, 3.63) is 41.7 Å². The van der Waals surface area contributed by atoms with E-state index in [-0.39, 0.29) is 6.04 Å². The molecule has 2 fully saturated rings. The zero-order valence-electron chi connectivity index (χ0n) is 15.7. The fourth-order valence-electron chi connectivity index (χ4n) is 4.38. The fraction of sp³-hybridized carbons (Fsp3) is 0.600. The molecule has 0 bridgehead atoms. The predicted octanol–water partition coefficient (Wildman–Crippen LogP) is 2.38. The van der Waals surface area contributed by atoms with Crippen LogP contribution in [0, 0.1) is 12.8 Å². The maximum atomic E-state index is 6.12. The first-order valence-electron chi connectivity index (χ1n) is 9.80. The van der Waals surface area contributed by atoms with Crippen molar-refractivity contribution in [2.24, 2.45) is 5.92 Å². The van der Waals surface area contributed by atoms with Crippen LogP contribution in [0.2, 0.25) is 0 Å². The van der Waals surface area contributed by atoms with E-state index in [0.717, 1.165) is 43.2 Å². The molecule has 3 heterocycles. The van der Waals surface area contributed by atoms with Gasteiger partial charge in [-0.05, 0) is 64.3 Å². The van der Waals surface area contributed by atoms with Crippen LogP contribution >= 0.6 is 0 Å². The number of hydrogen-bond acceptors (Lipinski definition) is 5. The van der Waals surface area contributed by atoms with E-state index in [4.69, 9.17) is 4.74 Å². The van der Waals surface area contributed by atoms with Crippen molar-refractivity contribution in [2.45, 2.75) is 51.3 Å². The number of para-hydroxylation sites is 1. The van der Waals surface area contributed by atoms with Crippen LogP contribution in [-0.4, -0.2) is 46.8 Å². The molecule has 0 radical (unpaired) electrons. The third-order valence-corrected chi connectivity index (χ3v) is 5.79. The van der Waals surface area contributed by atoms with Crippen molar-refractivity contribution in [1.29, 1.82) is 0 Å². The topological polar surface area (TPSA) is 64.0 Å². The number of benzene rings is 1. The molecule has 2 saturated heterocycles. The molecule has 1 aromatic heterocycles. The number of aromatic nitrogens is 3. The van der Waals surface area contributed by atoms with Gasteiger partial charge >= 0.3 is 0 Å². The molecule has 0 saturated carbocycles. The Hall–Kier alpha value is -1.76. The molecule has 4 rings (SSSR count). The zero-order valence-corrected chi connectivity index (χ0v) is 15.7. The molecule has 0 amide bonds. The van der Waals surface area contributed by atoms with Crippen molar-refractivity contribution in [3.8, 4) is 5.69 Å². The Kier molecular flexibility index (Phi) is 5.33. The fourth-order valence-corrected chi connectivity index (χ4v) is 4.38. The normalized spacial score (nSPS) is 25.5. The van der Waals surface area contributed by atoms with Crippen LogP contribution in [-0.2, 0) is 4.74 Å². The van der Waals surface area contributed by atoms with Crippen molar-refractivity contribution < 1.29 is 4.74 Å². The van der Waals surface area contributed by atoms with E-state index < -0.39 is 0 Å². The summed E-state index contributed by atoms with van der Waals surface area (Å²) in [6.07, 6.45) is 3.81. The molecule has 2 N–H and O–H groups in total. The van der Waals surface area contributed by atoms with Crippen molar-refractivity contribution in [2.75, 3.05) is 19.7 Å². The zero-order chi connectivity index (χ0) is 17.9. The second-order valence-electron chi connectivity index (χ2n) is 7.51. The van der Waals surface area contributed by atoms with Crippen LogP contribution in [0.15, 0.2) is 30.3 Å². The Morgan fingerprint density at radius 1 is 1.19 bits per heavy atom. The molecular weight excluding hydrogens is 326 g/mol. The van der Waals surface area contributed by atoms with Gasteiger partial charge in [0.05, 0.1) is 23.5 Å². The highest BCUT2D eigenvalue weighted by atomic mass is 16.5. The van der Waals surface area contributed by atoms with Crippen LogP contribution in [0.5, 0.6) is 0 Å². The number of rotatable bonds is 5. The van der Waals surface area contributed by atoms with E-state index in [1.807, 2.05) is 22.9 Å². The second kappa shape index (κ2) is 7.86. The van der Waals surface area contributed by atoms with Crippen LogP contribution in [0.4, 0.5) is 0 Å². The molecular formula is C20H29N5O. The van der Waals surface area contributed by atoms with Gasteiger partial charge < -0.3 is 15.4 Å². The lowest BCUT2D eigenvalue weighted by Gasteiger charge is -2.32. The highest BCUT2D eigenvalue weighted by Crippen LogP contribution is 2.29. The van der Waals surface area contributed by atoms with E-state index in [1.165, 1.54) is 12.8 Å². The minimum atomic E-state index is 0.156. The third-order valence-electron chi connectivity index (χ3n) is 5.79. The van der Waals surface area contributed by atoms with E-state index in [2.05, 4.69) is 46.9 Å². The van der Waals surface area contributed by atoms with Crippen molar-refractivity contribution >= 4 is 0 Å². The first kappa shape index (κ1) is 17.6. The molecule has 6 nitrogen and oxygen atoms in total. The molecule has 3 atom stereocenters. The monoisotopic (exact) mass is 355 g/mol. The summed E-state index contributed by atoms with van der Waals surface area (Å²) in [5.41, 5.74) is 3.16.